The fourth-order valence-corrected chi connectivity index (χ4v) is 1.30. The van der Waals surface area contributed by atoms with E-state index in [4.69, 9.17) is 11.6 Å². The monoisotopic (exact) mass is 340 g/mol. The van der Waals surface area contributed by atoms with Gasteiger partial charge >= 0.3 is 0 Å². The molecule has 0 aromatic carbocycles. The Balaban J connectivity index is 2.78. The zero-order valence-electron chi connectivity index (χ0n) is 7.22. The highest BCUT2D eigenvalue weighted by molar-refractivity contribution is 9.10. The van der Waals surface area contributed by atoms with Crippen LogP contribution in [0.5, 0.6) is 0 Å². The van der Waals surface area contributed by atoms with Crippen molar-refractivity contribution in [2.75, 3.05) is 5.32 Å². The van der Waals surface area contributed by atoms with E-state index < -0.39 is 0 Å². The predicted molar refractivity (Wildman–Crippen MR) is 64.0 cm³/mol. The quantitative estimate of drug-likeness (QED) is 0.662. The number of amides is 1. The Labute approximate surface area is 103 Å². The van der Waals surface area contributed by atoms with Crippen molar-refractivity contribution in [3.8, 4) is 0 Å². The van der Waals surface area contributed by atoms with Gasteiger partial charge < -0.3 is 5.32 Å². The zero-order valence-corrected chi connectivity index (χ0v) is 11.1. The highest BCUT2D eigenvalue weighted by Crippen LogP contribution is 2.23. The minimum Gasteiger partial charge on any atom is -0.324 e. The number of hydrogen-bond donors (Lipinski definition) is 1. The lowest BCUT2D eigenvalue weighted by molar-refractivity contribution is -0.115. The highest BCUT2D eigenvalue weighted by Gasteiger charge is 2.09. The van der Waals surface area contributed by atoms with Gasteiger partial charge in [0, 0.05) is 0 Å². The summed E-state index contributed by atoms with van der Waals surface area (Å²) in [6.45, 7) is 1.74. The first kappa shape index (κ1) is 11.9. The third-order valence-electron chi connectivity index (χ3n) is 1.43. The van der Waals surface area contributed by atoms with Crippen molar-refractivity contribution in [3.05, 3.63) is 21.9 Å². The van der Waals surface area contributed by atoms with E-state index >= 15 is 0 Å². The standard InChI is InChI=1S/C8H7Br2ClN2O/c1-4(9)8(14)13-5-2-6(10)7(11)12-3-5/h2-4H,1H3,(H,13,14). The van der Waals surface area contributed by atoms with E-state index in [0.717, 1.165) is 0 Å². The van der Waals surface area contributed by atoms with E-state index in [2.05, 4.69) is 42.2 Å². The molecule has 76 valence electrons. The molecule has 1 amide bonds. The molecule has 0 saturated heterocycles. The number of nitrogens with zero attached hydrogens (tertiary/aromatic N) is 1. The molecule has 3 nitrogen and oxygen atoms in total. The van der Waals surface area contributed by atoms with Gasteiger partial charge in [0.05, 0.1) is 21.2 Å². The van der Waals surface area contributed by atoms with Crippen LogP contribution in [0.4, 0.5) is 5.69 Å². The van der Waals surface area contributed by atoms with Crippen LogP contribution in [-0.4, -0.2) is 15.7 Å². The number of nitrogens with one attached hydrogen (secondary N) is 1. The van der Waals surface area contributed by atoms with Crippen molar-refractivity contribution in [3.63, 3.8) is 0 Å². The van der Waals surface area contributed by atoms with E-state index in [1.165, 1.54) is 6.20 Å². The van der Waals surface area contributed by atoms with Gasteiger partial charge in [0.15, 0.2) is 0 Å². The second-order valence-corrected chi connectivity index (χ2v) is 5.19. The van der Waals surface area contributed by atoms with Gasteiger partial charge in [-0.3, -0.25) is 4.79 Å². The molecule has 1 unspecified atom stereocenters. The smallest absolute Gasteiger partial charge is 0.237 e. The van der Waals surface area contributed by atoms with Gasteiger partial charge in [0.25, 0.3) is 0 Å². The molecule has 0 radical (unpaired) electrons. The number of alkyl halides is 1. The molecule has 1 rings (SSSR count). The van der Waals surface area contributed by atoms with Crippen LogP contribution in [-0.2, 0) is 4.79 Å². The Morgan fingerprint density at radius 3 is 2.86 bits per heavy atom. The van der Waals surface area contributed by atoms with Crippen molar-refractivity contribution in [1.29, 1.82) is 0 Å². The average Bonchev–Trinajstić information content (AvgIpc) is 2.11. The largest absolute Gasteiger partial charge is 0.324 e. The summed E-state index contributed by atoms with van der Waals surface area (Å²) >= 11 is 12.1. The lowest BCUT2D eigenvalue weighted by Gasteiger charge is -2.06. The van der Waals surface area contributed by atoms with Crippen LogP contribution in [0.1, 0.15) is 6.92 Å². The third kappa shape index (κ3) is 3.22. The molecule has 1 N–H and O–H groups in total. The summed E-state index contributed by atoms with van der Waals surface area (Å²) < 4.78 is 0.652. The molecular formula is C8H7Br2ClN2O. The van der Waals surface area contributed by atoms with Crippen molar-refractivity contribution in [2.45, 2.75) is 11.8 Å². The van der Waals surface area contributed by atoms with E-state index in [1.54, 1.807) is 13.0 Å². The Kier molecular flexibility index (Phi) is 4.34. The van der Waals surface area contributed by atoms with Crippen LogP contribution < -0.4 is 5.32 Å². The van der Waals surface area contributed by atoms with Crippen LogP contribution in [0.3, 0.4) is 0 Å². The fourth-order valence-electron chi connectivity index (χ4n) is 0.731. The molecule has 0 bridgehead atoms. The zero-order chi connectivity index (χ0) is 10.7. The summed E-state index contributed by atoms with van der Waals surface area (Å²) in [5.74, 6) is -0.124. The van der Waals surface area contributed by atoms with Crippen molar-refractivity contribution < 1.29 is 4.79 Å². The first-order valence-electron chi connectivity index (χ1n) is 3.76. The topological polar surface area (TPSA) is 42.0 Å². The maximum absolute atomic E-state index is 11.3. The molecule has 6 heteroatoms. The Bertz CT molecular complexity index is 357. The van der Waals surface area contributed by atoms with Crippen LogP contribution in [0.2, 0.25) is 5.15 Å². The van der Waals surface area contributed by atoms with Gasteiger partial charge in [-0.05, 0) is 28.9 Å². The van der Waals surface area contributed by atoms with Crippen LogP contribution >= 0.6 is 43.5 Å². The van der Waals surface area contributed by atoms with Gasteiger partial charge in [-0.1, -0.05) is 27.5 Å². The van der Waals surface area contributed by atoms with E-state index in [-0.39, 0.29) is 10.7 Å². The first-order valence-corrected chi connectivity index (χ1v) is 5.85. The number of hydrogen-bond acceptors (Lipinski definition) is 2. The summed E-state index contributed by atoms with van der Waals surface area (Å²) in [7, 11) is 0. The van der Waals surface area contributed by atoms with E-state index in [1.807, 2.05) is 0 Å². The molecule has 1 heterocycles. The Morgan fingerprint density at radius 1 is 1.71 bits per heavy atom. The number of halogens is 3. The maximum atomic E-state index is 11.3. The van der Waals surface area contributed by atoms with Crippen molar-refractivity contribution in [2.24, 2.45) is 0 Å². The SMILES string of the molecule is CC(Br)C(=O)Nc1cnc(Cl)c(Br)c1. The fraction of sp³-hybridized carbons (Fsp3) is 0.250. The summed E-state index contributed by atoms with van der Waals surface area (Å²) in [5.41, 5.74) is 0.609. The number of rotatable bonds is 2. The van der Waals surface area contributed by atoms with Crippen LogP contribution in [0.25, 0.3) is 0 Å². The van der Waals surface area contributed by atoms with Crippen molar-refractivity contribution in [1.82, 2.24) is 4.98 Å². The molecule has 14 heavy (non-hydrogen) atoms. The average molecular weight is 342 g/mol. The Hall–Kier alpha value is -0.130. The third-order valence-corrected chi connectivity index (χ3v) is 2.97. The molecule has 1 atom stereocenters. The highest BCUT2D eigenvalue weighted by atomic mass is 79.9. The minimum absolute atomic E-state index is 0.124. The van der Waals surface area contributed by atoms with E-state index in [9.17, 15) is 4.79 Å². The van der Waals surface area contributed by atoms with Crippen LogP contribution in [0.15, 0.2) is 16.7 Å². The van der Waals surface area contributed by atoms with Crippen LogP contribution in [0, 0.1) is 0 Å². The van der Waals surface area contributed by atoms with Gasteiger partial charge in [-0.15, -0.1) is 0 Å². The second-order valence-electron chi connectivity index (χ2n) is 2.60. The molecule has 0 fully saturated rings. The van der Waals surface area contributed by atoms with E-state index in [0.29, 0.717) is 15.3 Å². The summed E-state index contributed by atoms with van der Waals surface area (Å²) in [5, 5.41) is 3.04. The number of carbonyl (C=O) groups is 1. The summed E-state index contributed by atoms with van der Waals surface area (Å²) in [6, 6.07) is 1.70. The Morgan fingerprint density at radius 2 is 2.36 bits per heavy atom. The molecule has 1 aromatic heterocycles. The number of carbonyl (C=O) groups excluding carboxylic acids is 1. The summed E-state index contributed by atoms with van der Waals surface area (Å²) in [6.07, 6.45) is 1.50. The molecule has 0 aliphatic carbocycles. The lowest BCUT2D eigenvalue weighted by atomic mass is 10.4. The molecule has 0 spiro atoms. The normalized spacial score (nSPS) is 12.3. The molecular weight excluding hydrogens is 335 g/mol. The number of aromatic nitrogens is 1. The molecule has 0 aliphatic rings. The molecule has 1 aromatic rings. The van der Waals surface area contributed by atoms with Crippen molar-refractivity contribution >= 4 is 55.1 Å². The van der Waals surface area contributed by atoms with Gasteiger partial charge in [-0.25, -0.2) is 4.98 Å². The maximum Gasteiger partial charge on any atom is 0.237 e. The molecule has 0 saturated carbocycles. The summed E-state index contributed by atoms with van der Waals surface area (Å²) in [4.78, 5) is 14.9. The number of pyridine rings is 1. The van der Waals surface area contributed by atoms with Gasteiger partial charge in [-0.2, -0.15) is 0 Å². The van der Waals surface area contributed by atoms with Gasteiger partial charge in [0.2, 0.25) is 5.91 Å². The van der Waals surface area contributed by atoms with Gasteiger partial charge in [0.1, 0.15) is 5.15 Å². The first-order chi connectivity index (χ1) is 6.50. The predicted octanol–water partition coefficient (Wildman–Crippen LogP) is 3.22. The lowest BCUT2D eigenvalue weighted by Crippen LogP contribution is -2.19. The molecule has 0 aliphatic heterocycles. The second kappa shape index (κ2) is 5.09. The number of anilines is 1. The minimum atomic E-state index is -0.239.